The minimum atomic E-state index is 0. The van der Waals surface area contributed by atoms with Gasteiger partial charge >= 0.3 is 0 Å². The second kappa shape index (κ2) is 7.19. The van der Waals surface area contributed by atoms with Crippen LogP contribution in [0.25, 0.3) is 20.1 Å². The van der Waals surface area contributed by atoms with Gasteiger partial charge in [-0.3, -0.25) is 4.79 Å². The Morgan fingerprint density at radius 3 is 2.88 bits per heavy atom. The van der Waals surface area contributed by atoms with E-state index in [1.807, 2.05) is 35.2 Å². The summed E-state index contributed by atoms with van der Waals surface area (Å²) in [5.74, 6) is 0.136. The summed E-state index contributed by atoms with van der Waals surface area (Å²) in [6.45, 7) is 4.59. The van der Waals surface area contributed by atoms with Gasteiger partial charge in [-0.25, -0.2) is 4.98 Å². The number of hydrogen-bond donors (Lipinski definition) is 1. The molecule has 3 heterocycles. The molecule has 1 N–H and O–H groups in total. The van der Waals surface area contributed by atoms with Gasteiger partial charge in [0.15, 0.2) is 0 Å². The summed E-state index contributed by atoms with van der Waals surface area (Å²) < 4.78 is 1.18. The smallest absolute Gasteiger partial charge is 0.264 e. The molecule has 7 heteroatoms. The van der Waals surface area contributed by atoms with Crippen molar-refractivity contribution < 1.29 is 4.79 Å². The van der Waals surface area contributed by atoms with Crippen LogP contribution in [0.15, 0.2) is 36.4 Å². The van der Waals surface area contributed by atoms with Crippen LogP contribution in [0.5, 0.6) is 0 Å². The number of rotatable bonds is 2. The molecule has 1 saturated heterocycles. The van der Waals surface area contributed by atoms with E-state index in [0.29, 0.717) is 0 Å². The molecular weight excluding hydrogens is 362 g/mol. The normalized spacial score (nSPS) is 17.7. The van der Waals surface area contributed by atoms with E-state index in [1.54, 1.807) is 22.7 Å². The zero-order chi connectivity index (χ0) is 15.8. The molecule has 2 aromatic heterocycles. The molecule has 1 amide bonds. The molecule has 3 aromatic rings. The van der Waals surface area contributed by atoms with E-state index >= 15 is 0 Å². The number of piperazine rings is 1. The quantitative estimate of drug-likeness (QED) is 0.734. The zero-order valence-corrected chi connectivity index (χ0v) is 15.6. The van der Waals surface area contributed by atoms with Crippen molar-refractivity contribution in [3.8, 4) is 9.88 Å². The Morgan fingerprint density at radius 2 is 2.08 bits per heavy atom. The van der Waals surface area contributed by atoms with Crippen molar-refractivity contribution in [3.05, 3.63) is 41.3 Å². The van der Waals surface area contributed by atoms with Gasteiger partial charge in [-0.15, -0.1) is 35.1 Å². The Balaban J connectivity index is 0.00000169. The summed E-state index contributed by atoms with van der Waals surface area (Å²) >= 11 is 3.22. The number of benzene rings is 1. The van der Waals surface area contributed by atoms with Crippen molar-refractivity contribution in [2.75, 3.05) is 19.6 Å². The van der Waals surface area contributed by atoms with Gasteiger partial charge in [-0.2, -0.15) is 0 Å². The molecule has 0 radical (unpaired) electrons. The van der Waals surface area contributed by atoms with Crippen LogP contribution in [0, 0.1) is 0 Å². The number of hydrogen-bond acceptors (Lipinski definition) is 5. The number of thiophene rings is 1. The number of carbonyl (C=O) groups excluding carboxylic acids is 1. The van der Waals surface area contributed by atoms with E-state index in [1.165, 1.54) is 4.70 Å². The molecule has 126 valence electrons. The van der Waals surface area contributed by atoms with E-state index in [2.05, 4.69) is 23.3 Å². The summed E-state index contributed by atoms with van der Waals surface area (Å²) in [5, 5.41) is 4.31. The van der Waals surface area contributed by atoms with Gasteiger partial charge in [0, 0.05) is 25.7 Å². The van der Waals surface area contributed by atoms with Crippen LogP contribution in [0.1, 0.15) is 16.6 Å². The highest BCUT2D eigenvalue weighted by Gasteiger charge is 2.25. The number of aromatic nitrogens is 1. The highest BCUT2D eigenvalue weighted by Crippen LogP contribution is 2.34. The maximum atomic E-state index is 12.7. The van der Waals surface area contributed by atoms with Crippen LogP contribution in [0.3, 0.4) is 0 Å². The highest BCUT2D eigenvalue weighted by atomic mass is 35.5. The van der Waals surface area contributed by atoms with E-state index in [9.17, 15) is 4.79 Å². The molecule has 4 rings (SSSR count). The van der Waals surface area contributed by atoms with Crippen molar-refractivity contribution in [2.45, 2.75) is 13.0 Å². The van der Waals surface area contributed by atoms with E-state index < -0.39 is 0 Å². The molecule has 4 nitrogen and oxygen atoms in total. The zero-order valence-electron chi connectivity index (χ0n) is 13.2. The largest absolute Gasteiger partial charge is 0.333 e. The average molecular weight is 380 g/mol. The molecule has 1 aliphatic heterocycles. The number of fused-ring (bicyclic) bond motifs is 1. The molecule has 1 atom stereocenters. The Labute approximate surface area is 154 Å². The molecule has 24 heavy (non-hydrogen) atoms. The number of nitrogens with zero attached hydrogens (tertiary/aromatic N) is 2. The van der Waals surface area contributed by atoms with Gasteiger partial charge in [0.1, 0.15) is 5.01 Å². The highest BCUT2D eigenvalue weighted by molar-refractivity contribution is 7.26. The number of amides is 1. The molecule has 1 aliphatic rings. The van der Waals surface area contributed by atoms with Crippen molar-refractivity contribution in [3.63, 3.8) is 0 Å². The van der Waals surface area contributed by atoms with Crippen LogP contribution in [-0.2, 0) is 0 Å². The summed E-state index contributed by atoms with van der Waals surface area (Å²) in [6, 6.07) is 12.3. The first-order valence-electron chi connectivity index (χ1n) is 7.70. The maximum Gasteiger partial charge on any atom is 0.264 e. The molecular formula is C17H18ClN3OS2. The lowest BCUT2D eigenvalue weighted by Crippen LogP contribution is -2.52. The van der Waals surface area contributed by atoms with Gasteiger partial charge in [-0.1, -0.05) is 12.1 Å². The van der Waals surface area contributed by atoms with E-state index in [-0.39, 0.29) is 24.4 Å². The second-order valence-corrected chi connectivity index (χ2v) is 7.82. The van der Waals surface area contributed by atoms with Crippen molar-refractivity contribution in [1.29, 1.82) is 0 Å². The minimum absolute atomic E-state index is 0. The van der Waals surface area contributed by atoms with Crippen LogP contribution in [0.2, 0.25) is 0 Å². The predicted molar refractivity (Wildman–Crippen MR) is 104 cm³/mol. The second-order valence-electron chi connectivity index (χ2n) is 5.70. The summed E-state index contributed by atoms with van der Waals surface area (Å²) in [6.07, 6.45) is 0. The van der Waals surface area contributed by atoms with Crippen LogP contribution < -0.4 is 5.32 Å². The first-order chi connectivity index (χ1) is 11.2. The lowest BCUT2D eigenvalue weighted by molar-refractivity contribution is 0.0661. The molecule has 0 bridgehead atoms. The lowest BCUT2D eigenvalue weighted by Gasteiger charge is -2.33. The fourth-order valence-electron chi connectivity index (χ4n) is 2.83. The maximum absolute atomic E-state index is 12.7. The number of thiazole rings is 1. The van der Waals surface area contributed by atoms with Crippen molar-refractivity contribution in [2.24, 2.45) is 0 Å². The van der Waals surface area contributed by atoms with Crippen LogP contribution in [0.4, 0.5) is 0 Å². The number of nitrogens with one attached hydrogen (secondary N) is 1. The number of halogens is 1. The Morgan fingerprint density at radius 1 is 1.25 bits per heavy atom. The number of para-hydroxylation sites is 1. The van der Waals surface area contributed by atoms with Gasteiger partial charge in [0.05, 0.1) is 20.0 Å². The molecule has 0 saturated carbocycles. The predicted octanol–water partition coefficient (Wildman–Crippen LogP) is 3.88. The molecule has 0 aliphatic carbocycles. The van der Waals surface area contributed by atoms with Crippen LogP contribution in [-0.4, -0.2) is 41.5 Å². The average Bonchev–Trinajstić information content (AvgIpc) is 3.21. The minimum Gasteiger partial charge on any atom is -0.333 e. The van der Waals surface area contributed by atoms with Crippen LogP contribution >= 0.6 is 35.1 Å². The van der Waals surface area contributed by atoms with Gasteiger partial charge in [0.25, 0.3) is 5.91 Å². The van der Waals surface area contributed by atoms with Crippen molar-refractivity contribution in [1.82, 2.24) is 15.2 Å². The van der Waals surface area contributed by atoms with Crippen molar-refractivity contribution >= 4 is 51.2 Å². The molecule has 0 spiro atoms. The first-order valence-corrected chi connectivity index (χ1v) is 9.33. The molecule has 1 aromatic carbocycles. The fourth-order valence-corrected chi connectivity index (χ4v) is 4.81. The fraction of sp³-hybridized carbons (Fsp3) is 0.294. The third-order valence-electron chi connectivity index (χ3n) is 4.08. The Kier molecular flexibility index (Phi) is 5.20. The third kappa shape index (κ3) is 3.19. The molecule has 1 fully saturated rings. The van der Waals surface area contributed by atoms with Gasteiger partial charge < -0.3 is 10.2 Å². The van der Waals surface area contributed by atoms with E-state index in [4.69, 9.17) is 0 Å². The summed E-state index contributed by atoms with van der Waals surface area (Å²) in [4.78, 5) is 21.2. The lowest BCUT2D eigenvalue weighted by atomic mass is 10.2. The van der Waals surface area contributed by atoms with Gasteiger partial charge in [0.2, 0.25) is 0 Å². The summed E-state index contributed by atoms with van der Waals surface area (Å²) in [7, 11) is 0. The first kappa shape index (κ1) is 17.4. The molecule has 1 unspecified atom stereocenters. The summed E-state index contributed by atoms with van der Waals surface area (Å²) in [5.41, 5.74) is 1.02. The Hall–Kier alpha value is -1.47. The van der Waals surface area contributed by atoms with Gasteiger partial charge in [-0.05, 0) is 31.2 Å². The monoisotopic (exact) mass is 379 g/mol. The topological polar surface area (TPSA) is 45.2 Å². The van der Waals surface area contributed by atoms with E-state index in [0.717, 1.165) is 39.9 Å². The number of carbonyl (C=O) groups is 1. The third-order valence-corrected chi connectivity index (χ3v) is 6.36. The standard InChI is InChI=1S/C17H17N3OS2.ClH/c1-11-10-18-8-9-20(11)17(21)15-7-6-14(22-15)16-19-12-4-2-3-5-13(12)23-16;/h2-7,11,18H,8-10H2,1H3;1H. The Bertz CT molecular complexity index is 827. The SMILES string of the molecule is CC1CNCCN1C(=O)c1ccc(-c2nc3ccccc3s2)s1.Cl.